The lowest BCUT2D eigenvalue weighted by Gasteiger charge is -2.31. The van der Waals surface area contributed by atoms with Crippen LogP contribution in [0.1, 0.15) is 23.2 Å². The largest absolute Gasteiger partial charge is 0.457 e. The Morgan fingerprint density at radius 3 is 2.79 bits per heavy atom. The van der Waals surface area contributed by atoms with E-state index in [0.717, 1.165) is 5.56 Å². The number of piperidine rings is 1. The molecule has 3 aromatic rings. The van der Waals surface area contributed by atoms with Crippen molar-refractivity contribution in [2.45, 2.75) is 18.9 Å². The summed E-state index contributed by atoms with van der Waals surface area (Å²) in [6, 6.07) is 7.65. The zero-order chi connectivity index (χ0) is 24.1. The maximum Gasteiger partial charge on any atom is 0.341 e. The van der Waals surface area contributed by atoms with Crippen LogP contribution in [0.4, 0.5) is 20.4 Å². The minimum Gasteiger partial charge on any atom is -0.457 e. The highest BCUT2D eigenvalue weighted by molar-refractivity contribution is 7.20. The van der Waals surface area contributed by atoms with Gasteiger partial charge in [0.05, 0.1) is 18.3 Å². The highest BCUT2D eigenvalue weighted by Gasteiger charge is 2.28. The number of carbonyl (C=O) groups is 3. The number of nitrogens with two attached hydrogens (primary N) is 1. The van der Waals surface area contributed by atoms with Crippen LogP contribution in [0.3, 0.4) is 0 Å². The summed E-state index contributed by atoms with van der Waals surface area (Å²) in [5.41, 5.74) is 6.34. The van der Waals surface area contributed by atoms with E-state index in [0.29, 0.717) is 34.3 Å². The standard InChI is InChI=1S/C22H21ClN6O4S/c23-14-4-1-3-13(9-14)17-10-16(20(30)33-15-5-2-8-29(12-15)21(24)31)19(34-17)28-22(32)27-18-11-25-6-7-26-18/h1,3-4,6-7,9-11,15H,2,5,8,12H2,(H2,24,31)(H2,26,27,28,32). The average Bonchev–Trinajstić information content (AvgIpc) is 3.23. The highest BCUT2D eigenvalue weighted by Crippen LogP contribution is 2.37. The lowest BCUT2D eigenvalue weighted by Crippen LogP contribution is -2.46. The van der Waals surface area contributed by atoms with Crippen molar-refractivity contribution in [2.24, 2.45) is 5.73 Å². The van der Waals surface area contributed by atoms with Crippen LogP contribution in [0.5, 0.6) is 0 Å². The number of esters is 1. The number of urea groups is 2. The number of likely N-dealkylation sites (tertiary alicyclic amines) is 1. The molecule has 176 valence electrons. The minimum atomic E-state index is -0.615. The van der Waals surface area contributed by atoms with E-state index < -0.39 is 24.1 Å². The Morgan fingerprint density at radius 1 is 1.21 bits per heavy atom. The lowest BCUT2D eigenvalue weighted by atomic mass is 10.1. The maximum atomic E-state index is 13.1. The van der Waals surface area contributed by atoms with Crippen LogP contribution in [0.2, 0.25) is 5.02 Å². The van der Waals surface area contributed by atoms with E-state index in [1.165, 1.54) is 34.8 Å². The predicted molar refractivity (Wildman–Crippen MR) is 129 cm³/mol. The first-order valence-corrected chi connectivity index (χ1v) is 11.6. The van der Waals surface area contributed by atoms with Gasteiger partial charge in [0.15, 0.2) is 5.82 Å². The molecule has 1 fully saturated rings. The second-order valence-corrected chi connectivity index (χ2v) is 8.98. The van der Waals surface area contributed by atoms with Crippen molar-refractivity contribution in [2.75, 3.05) is 23.7 Å². The van der Waals surface area contributed by atoms with E-state index in [9.17, 15) is 14.4 Å². The monoisotopic (exact) mass is 500 g/mol. The molecule has 1 atom stereocenters. The summed E-state index contributed by atoms with van der Waals surface area (Å²) in [6.07, 6.45) is 5.11. The summed E-state index contributed by atoms with van der Waals surface area (Å²) in [5.74, 6) is -0.361. The summed E-state index contributed by atoms with van der Waals surface area (Å²) in [4.78, 5) is 47.2. The number of thiophene rings is 1. The van der Waals surface area contributed by atoms with Crippen LogP contribution in [0.15, 0.2) is 48.9 Å². The van der Waals surface area contributed by atoms with Crippen molar-refractivity contribution in [1.82, 2.24) is 14.9 Å². The molecule has 1 aliphatic heterocycles. The van der Waals surface area contributed by atoms with Crippen LogP contribution in [0.25, 0.3) is 10.4 Å². The van der Waals surface area contributed by atoms with Crippen molar-refractivity contribution in [1.29, 1.82) is 0 Å². The van der Waals surface area contributed by atoms with E-state index in [-0.39, 0.29) is 17.9 Å². The Kier molecular flexibility index (Phi) is 7.24. The molecule has 12 heteroatoms. The Morgan fingerprint density at radius 2 is 2.06 bits per heavy atom. The second-order valence-electron chi connectivity index (χ2n) is 7.49. The van der Waals surface area contributed by atoms with Crippen molar-refractivity contribution in [3.8, 4) is 10.4 Å². The summed E-state index contributed by atoms with van der Waals surface area (Å²) >= 11 is 7.33. The fourth-order valence-electron chi connectivity index (χ4n) is 3.48. The van der Waals surface area contributed by atoms with Crippen molar-refractivity contribution in [3.63, 3.8) is 0 Å². The lowest BCUT2D eigenvalue weighted by molar-refractivity contribution is 0.0129. The molecule has 4 rings (SSSR count). The van der Waals surface area contributed by atoms with Crippen LogP contribution in [0, 0.1) is 0 Å². The van der Waals surface area contributed by atoms with Gasteiger partial charge in [-0.2, -0.15) is 0 Å². The normalized spacial score (nSPS) is 15.4. The zero-order valence-electron chi connectivity index (χ0n) is 17.9. The van der Waals surface area contributed by atoms with Gasteiger partial charge in [-0.1, -0.05) is 23.7 Å². The molecule has 3 heterocycles. The van der Waals surface area contributed by atoms with Gasteiger partial charge < -0.3 is 15.4 Å². The molecule has 1 aliphatic rings. The van der Waals surface area contributed by atoms with Gasteiger partial charge >= 0.3 is 18.0 Å². The van der Waals surface area contributed by atoms with Gasteiger partial charge in [0.1, 0.15) is 11.1 Å². The number of nitrogens with zero attached hydrogens (tertiary/aromatic N) is 3. The number of anilines is 2. The number of carbonyl (C=O) groups excluding carboxylic acids is 3. The molecular weight excluding hydrogens is 480 g/mol. The molecule has 0 saturated carbocycles. The fraction of sp³-hybridized carbons (Fsp3) is 0.227. The molecule has 4 amide bonds. The molecule has 0 bridgehead atoms. The van der Waals surface area contributed by atoms with Gasteiger partial charge in [0, 0.05) is 28.8 Å². The number of aromatic nitrogens is 2. The Labute approximate surface area is 204 Å². The topological polar surface area (TPSA) is 140 Å². The third-order valence-electron chi connectivity index (χ3n) is 5.06. The molecule has 0 aliphatic carbocycles. The van der Waals surface area contributed by atoms with Crippen molar-refractivity contribution in [3.05, 3.63) is 59.5 Å². The molecule has 4 N–H and O–H groups in total. The molecule has 2 aromatic heterocycles. The molecule has 0 spiro atoms. The van der Waals surface area contributed by atoms with Gasteiger partial charge in [0.2, 0.25) is 0 Å². The van der Waals surface area contributed by atoms with E-state index in [1.807, 2.05) is 6.07 Å². The number of benzene rings is 1. The maximum absolute atomic E-state index is 13.1. The third-order valence-corrected chi connectivity index (χ3v) is 6.39. The number of halogens is 1. The zero-order valence-corrected chi connectivity index (χ0v) is 19.4. The first-order chi connectivity index (χ1) is 16.4. The first-order valence-electron chi connectivity index (χ1n) is 10.4. The van der Waals surface area contributed by atoms with Crippen LogP contribution in [-0.2, 0) is 4.74 Å². The first kappa shape index (κ1) is 23.5. The summed E-state index contributed by atoms with van der Waals surface area (Å²) in [6.45, 7) is 0.748. The number of amides is 4. The smallest absolute Gasteiger partial charge is 0.341 e. The summed E-state index contributed by atoms with van der Waals surface area (Å²) in [5, 5.41) is 6.09. The third kappa shape index (κ3) is 5.80. The van der Waals surface area contributed by atoms with Gasteiger partial charge in [-0.05, 0) is 36.6 Å². The van der Waals surface area contributed by atoms with E-state index >= 15 is 0 Å². The highest BCUT2D eigenvalue weighted by atomic mass is 35.5. The van der Waals surface area contributed by atoms with Gasteiger partial charge in [-0.3, -0.25) is 15.6 Å². The predicted octanol–water partition coefficient (Wildman–Crippen LogP) is 4.20. The molecular formula is C22H21ClN6O4S. The number of ether oxygens (including phenoxy) is 1. The summed E-state index contributed by atoms with van der Waals surface area (Å²) < 4.78 is 5.67. The molecule has 1 aromatic carbocycles. The fourth-order valence-corrected chi connectivity index (χ4v) is 4.71. The second kappa shape index (κ2) is 10.5. The summed E-state index contributed by atoms with van der Waals surface area (Å²) in [7, 11) is 0. The van der Waals surface area contributed by atoms with Crippen LogP contribution < -0.4 is 16.4 Å². The number of hydrogen-bond acceptors (Lipinski definition) is 7. The van der Waals surface area contributed by atoms with Gasteiger partial charge in [-0.25, -0.2) is 19.4 Å². The number of primary amides is 1. The Bertz CT molecular complexity index is 1210. The molecule has 1 saturated heterocycles. The van der Waals surface area contributed by atoms with E-state index in [4.69, 9.17) is 22.1 Å². The minimum absolute atomic E-state index is 0.186. The molecule has 0 radical (unpaired) electrons. The van der Waals surface area contributed by atoms with Crippen molar-refractivity contribution < 1.29 is 19.1 Å². The molecule has 1 unspecified atom stereocenters. The van der Waals surface area contributed by atoms with Crippen molar-refractivity contribution >= 4 is 51.8 Å². The van der Waals surface area contributed by atoms with Gasteiger partial charge in [0.25, 0.3) is 0 Å². The molecule has 34 heavy (non-hydrogen) atoms. The van der Waals surface area contributed by atoms with Crippen LogP contribution in [-0.4, -0.2) is 52.1 Å². The Hall–Kier alpha value is -3.70. The quantitative estimate of drug-likeness (QED) is 0.448. The van der Waals surface area contributed by atoms with E-state index in [2.05, 4.69) is 20.6 Å². The molecule has 10 nitrogen and oxygen atoms in total. The number of rotatable bonds is 5. The average molecular weight is 501 g/mol. The number of hydrogen-bond donors (Lipinski definition) is 3. The van der Waals surface area contributed by atoms with Crippen LogP contribution >= 0.6 is 22.9 Å². The van der Waals surface area contributed by atoms with E-state index in [1.54, 1.807) is 24.3 Å². The Balaban J connectivity index is 1.57. The SMILES string of the molecule is NC(=O)N1CCCC(OC(=O)c2cc(-c3cccc(Cl)c3)sc2NC(=O)Nc2cnccn2)C1. The number of nitrogens with one attached hydrogen (secondary N) is 2. The van der Waals surface area contributed by atoms with Gasteiger partial charge in [-0.15, -0.1) is 11.3 Å².